The van der Waals surface area contributed by atoms with Crippen LogP contribution >= 0.6 is 35.0 Å². The van der Waals surface area contributed by atoms with Gasteiger partial charge in [-0.05, 0) is 73.2 Å². The molecule has 0 unspecified atom stereocenters. The summed E-state index contributed by atoms with van der Waals surface area (Å²) in [5.41, 5.74) is 0.312. The van der Waals surface area contributed by atoms with Crippen molar-refractivity contribution in [2.45, 2.75) is 36.3 Å². The lowest BCUT2D eigenvalue weighted by molar-refractivity contribution is -0.122. The van der Waals surface area contributed by atoms with Gasteiger partial charge < -0.3 is 14.7 Å². The number of alkyl halides is 3. The van der Waals surface area contributed by atoms with E-state index in [2.05, 4.69) is 15.5 Å². The topological polar surface area (TPSA) is 71.3 Å². The number of anilines is 2. The second-order valence-corrected chi connectivity index (χ2v) is 12.0. The lowest BCUT2D eigenvalue weighted by atomic mass is 9.94. The number of thioether (sulfide) groups is 1. The smallest absolute Gasteiger partial charge is 0.353 e. The Labute approximate surface area is 257 Å². The highest BCUT2D eigenvalue weighted by atomic mass is 35.5. The van der Waals surface area contributed by atoms with Crippen molar-refractivity contribution >= 4 is 52.2 Å². The van der Waals surface area contributed by atoms with Crippen LogP contribution in [0, 0.1) is 11.6 Å². The average molecular weight is 657 g/mol. The van der Waals surface area contributed by atoms with Crippen LogP contribution < -0.4 is 10.2 Å². The van der Waals surface area contributed by atoms with Crippen LogP contribution in [0.2, 0.25) is 10.0 Å². The van der Waals surface area contributed by atoms with E-state index in [0.717, 1.165) is 27.7 Å². The monoisotopic (exact) mass is 656 g/mol. The van der Waals surface area contributed by atoms with Gasteiger partial charge in [-0.15, -0.1) is 11.8 Å². The standard InChI is InChI=1S/C29H23Cl2F5N4O2S/c1-2-43-19-6-4-18(5-7-19)40(15-29(34,35)36)14-24(41)37-17-12-20(30)25(21(31)13-17)28(9-10-28)27-38-26(42-39-27)16-3-8-22(32)23(33)11-16/h3-8,11-13H,2,9-10,14-15H2,1H3,(H,37,41). The number of aromatic nitrogens is 2. The normalized spacial score (nSPS) is 14.0. The number of rotatable bonds is 10. The fourth-order valence-corrected chi connectivity index (χ4v) is 6.24. The molecule has 4 aromatic rings. The quantitative estimate of drug-likeness (QED) is 0.136. The fraction of sp³-hybridized carbons (Fsp3) is 0.276. The Morgan fingerprint density at radius 3 is 2.30 bits per heavy atom. The highest BCUT2D eigenvalue weighted by molar-refractivity contribution is 7.99. The molecule has 3 aromatic carbocycles. The summed E-state index contributed by atoms with van der Waals surface area (Å²) in [6.07, 6.45) is -3.41. The minimum atomic E-state index is -4.54. The summed E-state index contributed by atoms with van der Waals surface area (Å²) in [6, 6.07) is 12.6. The van der Waals surface area contributed by atoms with Gasteiger partial charge in [0.1, 0.15) is 6.54 Å². The molecule has 14 heteroatoms. The van der Waals surface area contributed by atoms with Gasteiger partial charge in [-0.2, -0.15) is 18.2 Å². The van der Waals surface area contributed by atoms with Crippen LogP contribution in [0.1, 0.15) is 31.2 Å². The van der Waals surface area contributed by atoms with Gasteiger partial charge in [-0.3, -0.25) is 4.79 Å². The van der Waals surface area contributed by atoms with E-state index in [-0.39, 0.29) is 38.7 Å². The third-order valence-electron chi connectivity index (χ3n) is 6.79. The molecule has 1 aliphatic rings. The van der Waals surface area contributed by atoms with Gasteiger partial charge in [0.25, 0.3) is 5.89 Å². The van der Waals surface area contributed by atoms with Crippen molar-refractivity contribution < 1.29 is 31.3 Å². The first kappa shape index (κ1) is 31.1. The largest absolute Gasteiger partial charge is 0.405 e. The van der Waals surface area contributed by atoms with Crippen LogP contribution in [-0.2, 0) is 10.2 Å². The number of nitrogens with zero attached hydrogens (tertiary/aromatic N) is 3. The third kappa shape index (κ3) is 7.08. The summed E-state index contributed by atoms with van der Waals surface area (Å²) < 4.78 is 72.4. The Morgan fingerprint density at radius 1 is 1.05 bits per heavy atom. The Balaban J connectivity index is 1.33. The van der Waals surface area contributed by atoms with E-state index in [0.29, 0.717) is 18.4 Å². The summed E-state index contributed by atoms with van der Waals surface area (Å²) in [6.45, 7) is 0.0754. The van der Waals surface area contributed by atoms with Crippen LogP contribution in [0.15, 0.2) is 64.0 Å². The lowest BCUT2D eigenvalue weighted by Crippen LogP contribution is -2.39. The van der Waals surface area contributed by atoms with Crippen molar-refractivity contribution in [1.82, 2.24) is 10.1 Å². The molecule has 0 atom stereocenters. The van der Waals surface area contributed by atoms with E-state index >= 15 is 0 Å². The Kier molecular flexibility index (Phi) is 8.92. The first-order valence-electron chi connectivity index (χ1n) is 13.0. The van der Waals surface area contributed by atoms with Crippen molar-refractivity contribution in [2.24, 2.45) is 0 Å². The second-order valence-electron chi connectivity index (χ2n) is 9.90. The number of carbonyl (C=O) groups is 1. The maximum atomic E-state index is 13.7. The first-order valence-corrected chi connectivity index (χ1v) is 14.8. The zero-order valence-electron chi connectivity index (χ0n) is 22.4. The van der Waals surface area contributed by atoms with Crippen molar-refractivity contribution in [3.63, 3.8) is 0 Å². The molecule has 5 rings (SSSR count). The number of carbonyl (C=O) groups excluding carboxylic acids is 1. The van der Waals surface area contributed by atoms with Gasteiger partial charge in [0.15, 0.2) is 17.5 Å². The summed E-state index contributed by atoms with van der Waals surface area (Å²) in [5, 5.41) is 6.96. The van der Waals surface area contributed by atoms with E-state index in [1.54, 1.807) is 36.0 Å². The van der Waals surface area contributed by atoms with Crippen molar-refractivity contribution in [3.8, 4) is 11.5 Å². The van der Waals surface area contributed by atoms with Crippen molar-refractivity contribution in [1.29, 1.82) is 0 Å². The van der Waals surface area contributed by atoms with Gasteiger partial charge >= 0.3 is 6.18 Å². The molecule has 43 heavy (non-hydrogen) atoms. The van der Waals surface area contributed by atoms with E-state index < -0.39 is 42.2 Å². The van der Waals surface area contributed by atoms with E-state index in [1.807, 2.05) is 6.92 Å². The minimum absolute atomic E-state index is 0.0153. The predicted molar refractivity (Wildman–Crippen MR) is 156 cm³/mol. The molecule has 0 radical (unpaired) electrons. The predicted octanol–water partition coefficient (Wildman–Crippen LogP) is 8.52. The number of halogens is 7. The van der Waals surface area contributed by atoms with Crippen LogP contribution in [0.3, 0.4) is 0 Å². The summed E-state index contributed by atoms with van der Waals surface area (Å²) in [4.78, 5) is 19.1. The second kappa shape index (κ2) is 12.3. The Hall–Kier alpha value is -3.35. The molecule has 1 N–H and O–H groups in total. The summed E-state index contributed by atoms with van der Waals surface area (Å²) >= 11 is 14.8. The van der Waals surface area contributed by atoms with Crippen LogP contribution in [-0.4, -0.2) is 41.1 Å². The van der Waals surface area contributed by atoms with E-state index in [4.69, 9.17) is 27.7 Å². The summed E-state index contributed by atoms with van der Waals surface area (Å²) in [5.74, 6) is -1.73. The molecule has 1 heterocycles. The van der Waals surface area contributed by atoms with Crippen LogP contribution in [0.4, 0.5) is 33.3 Å². The fourth-order valence-electron chi connectivity index (χ4n) is 4.73. The molecule has 1 aliphatic carbocycles. The van der Waals surface area contributed by atoms with Gasteiger partial charge in [0.05, 0.1) is 12.0 Å². The molecule has 1 saturated carbocycles. The molecule has 1 amide bonds. The van der Waals surface area contributed by atoms with Gasteiger partial charge in [-0.25, -0.2) is 8.78 Å². The highest BCUT2D eigenvalue weighted by Crippen LogP contribution is 2.57. The third-order valence-corrected chi connectivity index (χ3v) is 8.28. The zero-order valence-corrected chi connectivity index (χ0v) is 24.8. The molecule has 0 saturated heterocycles. The average Bonchev–Trinajstić information content (AvgIpc) is 3.55. The lowest BCUT2D eigenvalue weighted by Gasteiger charge is -2.25. The molecule has 0 bridgehead atoms. The number of hydrogen-bond donors (Lipinski definition) is 1. The molecule has 226 valence electrons. The molecular weight excluding hydrogens is 634 g/mol. The maximum absolute atomic E-state index is 13.7. The molecule has 0 aliphatic heterocycles. The number of hydrogen-bond acceptors (Lipinski definition) is 6. The maximum Gasteiger partial charge on any atom is 0.405 e. The molecule has 6 nitrogen and oxygen atoms in total. The van der Waals surface area contributed by atoms with Crippen molar-refractivity contribution in [2.75, 3.05) is 29.1 Å². The van der Waals surface area contributed by atoms with Gasteiger partial charge in [0, 0.05) is 37.4 Å². The van der Waals surface area contributed by atoms with Crippen LogP contribution in [0.25, 0.3) is 11.5 Å². The van der Waals surface area contributed by atoms with E-state index in [9.17, 15) is 26.7 Å². The number of benzene rings is 3. The van der Waals surface area contributed by atoms with Gasteiger partial charge in [0.2, 0.25) is 5.91 Å². The van der Waals surface area contributed by atoms with Gasteiger partial charge in [-0.1, -0.05) is 35.3 Å². The number of amides is 1. The molecule has 0 spiro atoms. The first-order chi connectivity index (χ1) is 20.4. The highest BCUT2D eigenvalue weighted by Gasteiger charge is 2.52. The van der Waals surface area contributed by atoms with E-state index in [1.165, 1.54) is 18.2 Å². The Morgan fingerprint density at radius 2 is 1.72 bits per heavy atom. The van der Waals surface area contributed by atoms with Crippen molar-refractivity contribution in [3.05, 3.63) is 87.7 Å². The Bertz CT molecular complexity index is 1620. The molecule has 1 fully saturated rings. The zero-order chi connectivity index (χ0) is 30.9. The minimum Gasteiger partial charge on any atom is -0.353 e. The van der Waals surface area contributed by atoms with Crippen LogP contribution in [0.5, 0.6) is 0 Å². The number of nitrogens with one attached hydrogen (secondary N) is 1. The molecular formula is C29H23Cl2F5N4O2S. The SMILES string of the molecule is CCSc1ccc(N(CC(=O)Nc2cc(Cl)c(C3(c4noc(-c5ccc(F)c(F)c5)n4)CC3)c(Cl)c2)CC(F)(F)F)cc1. The molecule has 1 aromatic heterocycles. The summed E-state index contributed by atoms with van der Waals surface area (Å²) in [7, 11) is 0.